The Morgan fingerprint density at radius 2 is 1.65 bits per heavy atom. The van der Waals surface area contributed by atoms with Crippen molar-refractivity contribution in [3.05, 3.63) is 87.8 Å². The zero-order valence-electron chi connectivity index (χ0n) is 17.8. The van der Waals surface area contributed by atoms with E-state index in [1.165, 1.54) is 0 Å². The zero-order chi connectivity index (χ0) is 24.2. The van der Waals surface area contributed by atoms with Gasteiger partial charge >= 0.3 is 11.9 Å². The van der Waals surface area contributed by atoms with Gasteiger partial charge < -0.3 is 5.11 Å². The Kier molecular flexibility index (Phi) is 6.19. The minimum Gasteiger partial charge on any atom is -0.476 e. The molecule has 0 fully saturated rings. The number of aromatic amines is 1. The number of nitrogens with zero attached hydrogens (tertiary/aromatic N) is 3. The second kappa shape index (κ2) is 9.38. The van der Waals surface area contributed by atoms with Gasteiger partial charge in [-0.25, -0.2) is 14.3 Å². The summed E-state index contributed by atoms with van der Waals surface area (Å²) in [5.74, 6) is -3.28. The minimum absolute atomic E-state index is 0.0616. The highest BCUT2D eigenvalue weighted by atomic mass is 17.2. The number of rotatable bonds is 7. The molecule has 172 valence electrons. The SMILES string of the molecule is CCOOC(=O)c1[nH]n(-c2ccccc2)c(=O)c1C=C1C(=O)N(c2ccccc2)N=C1C(=O)O. The molecule has 0 radical (unpaired) electrons. The van der Waals surface area contributed by atoms with Crippen molar-refractivity contribution in [2.75, 3.05) is 11.6 Å². The average molecular weight is 462 g/mol. The van der Waals surface area contributed by atoms with Crippen LogP contribution in [0.3, 0.4) is 0 Å². The van der Waals surface area contributed by atoms with Gasteiger partial charge in [0.05, 0.1) is 29.1 Å². The first-order chi connectivity index (χ1) is 16.4. The van der Waals surface area contributed by atoms with Crippen molar-refractivity contribution in [1.29, 1.82) is 0 Å². The van der Waals surface area contributed by atoms with E-state index in [1.807, 2.05) is 0 Å². The van der Waals surface area contributed by atoms with E-state index < -0.39 is 29.1 Å². The predicted molar refractivity (Wildman–Crippen MR) is 120 cm³/mol. The Labute approximate surface area is 192 Å². The molecular formula is C23H18N4O7. The number of nitrogens with one attached hydrogen (secondary N) is 1. The van der Waals surface area contributed by atoms with Crippen LogP contribution >= 0.6 is 0 Å². The average Bonchev–Trinajstić information content (AvgIpc) is 3.36. The molecule has 0 spiro atoms. The summed E-state index contributed by atoms with van der Waals surface area (Å²) >= 11 is 0. The minimum atomic E-state index is -1.48. The molecule has 0 unspecified atom stereocenters. The number of hydrogen-bond donors (Lipinski definition) is 2. The lowest BCUT2D eigenvalue weighted by molar-refractivity contribution is -0.237. The Morgan fingerprint density at radius 3 is 2.24 bits per heavy atom. The number of hydrogen-bond acceptors (Lipinski definition) is 7. The quantitative estimate of drug-likeness (QED) is 0.311. The number of amides is 1. The maximum absolute atomic E-state index is 13.2. The smallest absolute Gasteiger partial charge is 0.391 e. The second-order valence-electron chi connectivity index (χ2n) is 6.92. The molecule has 34 heavy (non-hydrogen) atoms. The molecule has 0 aliphatic carbocycles. The maximum atomic E-state index is 13.2. The van der Waals surface area contributed by atoms with Crippen LogP contribution in [0, 0.1) is 0 Å². The van der Waals surface area contributed by atoms with Gasteiger partial charge in [-0.05, 0) is 37.3 Å². The lowest BCUT2D eigenvalue weighted by atomic mass is 10.1. The van der Waals surface area contributed by atoms with E-state index in [9.17, 15) is 24.3 Å². The van der Waals surface area contributed by atoms with Gasteiger partial charge in [0.15, 0.2) is 11.4 Å². The van der Waals surface area contributed by atoms with E-state index in [2.05, 4.69) is 15.1 Å². The molecule has 3 aromatic rings. The van der Waals surface area contributed by atoms with Crippen LogP contribution in [0.1, 0.15) is 23.0 Å². The molecule has 0 bridgehead atoms. The number of aliphatic carboxylic acids is 1. The number of carbonyl (C=O) groups is 3. The molecule has 2 heterocycles. The summed E-state index contributed by atoms with van der Waals surface area (Å²) in [6.45, 7) is 1.66. The Hall–Kier alpha value is -4.77. The molecule has 1 aliphatic heterocycles. The normalized spacial score (nSPS) is 14.4. The molecule has 2 N–H and O–H groups in total. The highest BCUT2D eigenvalue weighted by Crippen LogP contribution is 2.25. The number of hydrazone groups is 1. The number of para-hydroxylation sites is 2. The summed E-state index contributed by atoms with van der Waals surface area (Å²) in [4.78, 5) is 60.1. The van der Waals surface area contributed by atoms with Gasteiger partial charge in [-0.3, -0.25) is 19.6 Å². The van der Waals surface area contributed by atoms with Crippen LogP contribution in [0.2, 0.25) is 0 Å². The molecule has 0 atom stereocenters. The van der Waals surface area contributed by atoms with Crippen molar-refractivity contribution in [2.24, 2.45) is 5.10 Å². The third-order valence-electron chi connectivity index (χ3n) is 4.77. The molecule has 4 rings (SSSR count). The van der Waals surface area contributed by atoms with Gasteiger partial charge in [-0.15, -0.1) is 0 Å². The summed E-state index contributed by atoms with van der Waals surface area (Å²) in [6.07, 6.45) is 1.01. The topological polar surface area (TPSA) is 143 Å². The predicted octanol–water partition coefficient (Wildman–Crippen LogP) is 2.14. The molecule has 1 amide bonds. The number of benzene rings is 2. The summed E-state index contributed by atoms with van der Waals surface area (Å²) in [5.41, 5.74) is -1.55. The van der Waals surface area contributed by atoms with Crippen molar-refractivity contribution in [3.8, 4) is 5.69 Å². The molecule has 1 aliphatic rings. The zero-order valence-corrected chi connectivity index (χ0v) is 17.8. The first-order valence-corrected chi connectivity index (χ1v) is 10.1. The molecule has 1 aromatic heterocycles. The second-order valence-corrected chi connectivity index (χ2v) is 6.92. The third-order valence-corrected chi connectivity index (χ3v) is 4.77. The van der Waals surface area contributed by atoms with E-state index in [1.54, 1.807) is 67.6 Å². The summed E-state index contributed by atoms with van der Waals surface area (Å²) < 4.78 is 1.07. The van der Waals surface area contributed by atoms with Crippen molar-refractivity contribution in [3.63, 3.8) is 0 Å². The van der Waals surface area contributed by atoms with E-state index in [-0.39, 0.29) is 23.4 Å². The van der Waals surface area contributed by atoms with Gasteiger partial charge in [-0.2, -0.15) is 15.0 Å². The van der Waals surface area contributed by atoms with Crippen LogP contribution in [-0.2, 0) is 19.4 Å². The molecule has 2 aromatic carbocycles. The first-order valence-electron chi connectivity index (χ1n) is 10.1. The fourth-order valence-electron chi connectivity index (χ4n) is 3.24. The number of carboxylic acids is 1. The Morgan fingerprint density at radius 1 is 1.03 bits per heavy atom. The van der Waals surface area contributed by atoms with Gasteiger partial charge in [0.25, 0.3) is 11.5 Å². The lowest BCUT2D eigenvalue weighted by Crippen LogP contribution is -2.23. The number of carboxylic acid groups (broad SMARTS) is 1. The van der Waals surface area contributed by atoms with Gasteiger partial charge in [0, 0.05) is 0 Å². The van der Waals surface area contributed by atoms with Gasteiger partial charge in [0.1, 0.15) is 0 Å². The highest BCUT2D eigenvalue weighted by molar-refractivity contribution is 6.53. The van der Waals surface area contributed by atoms with Crippen molar-refractivity contribution >= 4 is 35.3 Å². The van der Waals surface area contributed by atoms with E-state index in [4.69, 9.17) is 4.89 Å². The third kappa shape index (κ3) is 4.14. The highest BCUT2D eigenvalue weighted by Gasteiger charge is 2.36. The monoisotopic (exact) mass is 462 g/mol. The van der Waals surface area contributed by atoms with Crippen LogP contribution in [0.5, 0.6) is 0 Å². The lowest BCUT2D eigenvalue weighted by Gasteiger charge is -2.10. The fourth-order valence-corrected chi connectivity index (χ4v) is 3.24. The van der Waals surface area contributed by atoms with Gasteiger partial charge in [-0.1, -0.05) is 36.4 Å². The largest absolute Gasteiger partial charge is 0.476 e. The number of aromatic nitrogens is 2. The maximum Gasteiger partial charge on any atom is 0.391 e. The summed E-state index contributed by atoms with van der Waals surface area (Å²) in [7, 11) is 0. The summed E-state index contributed by atoms with van der Waals surface area (Å²) in [5, 5.41) is 17.1. The van der Waals surface area contributed by atoms with Crippen LogP contribution < -0.4 is 10.6 Å². The number of anilines is 1. The molecule has 11 nitrogen and oxygen atoms in total. The Bertz CT molecular complexity index is 1370. The summed E-state index contributed by atoms with van der Waals surface area (Å²) in [6, 6.07) is 16.6. The molecule has 0 saturated heterocycles. The van der Waals surface area contributed by atoms with Crippen LogP contribution in [0.25, 0.3) is 11.8 Å². The number of H-pyrrole nitrogens is 1. The molecule has 0 saturated carbocycles. The van der Waals surface area contributed by atoms with Crippen LogP contribution in [0.4, 0.5) is 5.69 Å². The van der Waals surface area contributed by atoms with Gasteiger partial charge in [0.2, 0.25) is 0 Å². The fraction of sp³-hybridized carbons (Fsp3) is 0.0870. The molecular weight excluding hydrogens is 444 g/mol. The van der Waals surface area contributed by atoms with Crippen molar-refractivity contribution in [1.82, 2.24) is 9.78 Å². The van der Waals surface area contributed by atoms with Crippen molar-refractivity contribution < 1.29 is 29.3 Å². The number of carbonyl (C=O) groups excluding carboxylic acids is 2. The first kappa shape index (κ1) is 22.4. The standard InChI is InChI=1S/C23H18N4O7/c1-2-33-34-23(32)19-17(21(29)27(25-19)15-11-7-4-8-12-15)13-16-18(22(30)31)24-26(20(16)28)14-9-5-3-6-10-14/h3-13,25H,2H2,1H3,(H,30,31). The van der Waals surface area contributed by atoms with E-state index >= 15 is 0 Å². The van der Waals surface area contributed by atoms with Crippen LogP contribution in [0.15, 0.2) is 76.1 Å². The Balaban J connectivity index is 1.86. The van der Waals surface area contributed by atoms with Crippen LogP contribution in [-0.4, -0.2) is 45.1 Å². The van der Waals surface area contributed by atoms with E-state index in [0.29, 0.717) is 11.4 Å². The molecule has 11 heteroatoms. The van der Waals surface area contributed by atoms with E-state index in [0.717, 1.165) is 15.8 Å². The van der Waals surface area contributed by atoms with Crippen molar-refractivity contribution in [2.45, 2.75) is 6.92 Å².